The van der Waals surface area contributed by atoms with Crippen LogP contribution in [0.25, 0.3) is 0 Å². The quantitative estimate of drug-likeness (QED) is 0.644. The van der Waals surface area contributed by atoms with Gasteiger partial charge >= 0.3 is 0 Å². The van der Waals surface area contributed by atoms with Crippen molar-refractivity contribution in [3.63, 3.8) is 0 Å². The van der Waals surface area contributed by atoms with Crippen LogP contribution < -0.4 is 0 Å². The number of hydrogen-bond donors (Lipinski definition) is 0. The number of rotatable bonds is 4. The molecule has 0 N–H and O–H groups in total. The molecule has 12 heavy (non-hydrogen) atoms. The predicted molar refractivity (Wildman–Crippen MR) is 53.4 cm³/mol. The molecular formula is C10H23NO. The molecule has 0 aliphatic rings. The molecule has 1 atom stereocenters. The first-order chi connectivity index (χ1) is 5.38. The molecule has 0 bridgehead atoms. The maximum Gasteiger partial charge on any atom is 0.0749 e. The second-order valence-electron chi connectivity index (χ2n) is 4.57. The molecule has 0 rings (SSSR count). The first-order valence-corrected chi connectivity index (χ1v) is 4.64. The molecule has 0 saturated carbocycles. The highest BCUT2D eigenvalue weighted by molar-refractivity contribution is 4.76. The fourth-order valence-corrected chi connectivity index (χ4v) is 1.11. The molecule has 0 aromatic heterocycles. The molecule has 0 aliphatic carbocycles. The van der Waals surface area contributed by atoms with Crippen LogP contribution in [0.15, 0.2) is 0 Å². The summed E-state index contributed by atoms with van der Waals surface area (Å²) in [7, 11) is 4.16. The minimum atomic E-state index is 0.236. The fourth-order valence-electron chi connectivity index (χ4n) is 1.11. The van der Waals surface area contributed by atoms with Gasteiger partial charge in [-0.05, 0) is 26.4 Å². The minimum absolute atomic E-state index is 0.236. The molecular weight excluding hydrogens is 150 g/mol. The van der Waals surface area contributed by atoms with Crippen molar-refractivity contribution in [1.82, 2.24) is 4.90 Å². The van der Waals surface area contributed by atoms with Crippen molar-refractivity contribution in [2.24, 2.45) is 5.41 Å². The molecule has 0 aromatic carbocycles. The van der Waals surface area contributed by atoms with Gasteiger partial charge in [0.2, 0.25) is 0 Å². The Balaban J connectivity index is 4.04. The second kappa shape index (κ2) is 4.83. The van der Waals surface area contributed by atoms with E-state index < -0.39 is 0 Å². The van der Waals surface area contributed by atoms with E-state index in [1.165, 1.54) is 0 Å². The number of likely N-dealkylation sites (N-methyl/N-ethyl adjacent to an activating group) is 1. The molecule has 0 spiro atoms. The first kappa shape index (κ1) is 11.9. The molecule has 2 nitrogen and oxygen atoms in total. The lowest BCUT2D eigenvalue weighted by atomic mass is 9.88. The zero-order valence-corrected chi connectivity index (χ0v) is 9.35. The summed E-state index contributed by atoms with van der Waals surface area (Å²) in [4.78, 5) is 2.17. The van der Waals surface area contributed by atoms with E-state index in [1.54, 1.807) is 0 Å². The van der Waals surface area contributed by atoms with Crippen molar-refractivity contribution in [2.45, 2.75) is 33.8 Å². The standard InChI is InChI=1S/C10H23NO/c1-7-12-9(8-11(5)6)10(2,3)4/h9H,7-8H2,1-6H3. The Morgan fingerprint density at radius 3 is 2.00 bits per heavy atom. The van der Waals surface area contributed by atoms with Crippen LogP contribution in [-0.2, 0) is 4.74 Å². The average molecular weight is 173 g/mol. The van der Waals surface area contributed by atoms with Crippen molar-refractivity contribution >= 4 is 0 Å². The van der Waals surface area contributed by atoms with Crippen molar-refractivity contribution in [3.05, 3.63) is 0 Å². The van der Waals surface area contributed by atoms with Crippen molar-refractivity contribution in [3.8, 4) is 0 Å². The second-order valence-corrected chi connectivity index (χ2v) is 4.57. The third kappa shape index (κ3) is 4.73. The van der Waals surface area contributed by atoms with Crippen molar-refractivity contribution in [2.75, 3.05) is 27.2 Å². The molecule has 0 fully saturated rings. The van der Waals surface area contributed by atoms with Crippen LogP contribution in [0.5, 0.6) is 0 Å². The van der Waals surface area contributed by atoms with Gasteiger partial charge in [0.05, 0.1) is 6.10 Å². The van der Waals surface area contributed by atoms with Gasteiger partial charge in [0, 0.05) is 13.2 Å². The zero-order valence-electron chi connectivity index (χ0n) is 9.35. The van der Waals surface area contributed by atoms with E-state index >= 15 is 0 Å². The lowest BCUT2D eigenvalue weighted by Crippen LogP contribution is -2.38. The largest absolute Gasteiger partial charge is 0.377 e. The van der Waals surface area contributed by atoms with Crippen LogP contribution >= 0.6 is 0 Å². The van der Waals surface area contributed by atoms with Gasteiger partial charge in [-0.15, -0.1) is 0 Å². The monoisotopic (exact) mass is 173 g/mol. The first-order valence-electron chi connectivity index (χ1n) is 4.64. The van der Waals surface area contributed by atoms with Crippen LogP contribution in [0.3, 0.4) is 0 Å². The molecule has 0 aromatic rings. The lowest BCUT2D eigenvalue weighted by molar-refractivity contribution is -0.0249. The van der Waals surface area contributed by atoms with Crippen LogP contribution in [0.1, 0.15) is 27.7 Å². The summed E-state index contributed by atoms with van der Waals surface area (Å²) in [6.45, 7) is 10.5. The fraction of sp³-hybridized carbons (Fsp3) is 1.00. The highest BCUT2D eigenvalue weighted by Crippen LogP contribution is 2.22. The van der Waals surface area contributed by atoms with E-state index in [1.807, 2.05) is 0 Å². The Kier molecular flexibility index (Phi) is 4.80. The Labute approximate surface area is 76.9 Å². The summed E-state index contributed by atoms with van der Waals surface area (Å²) in [5.41, 5.74) is 0.236. The van der Waals surface area contributed by atoms with Crippen molar-refractivity contribution < 1.29 is 4.74 Å². The van der Waals surface area contributed by atoms with Gasteiger partial charge in [0.1, 0.15) is 0 Å². The predicted octanol–water partition coefficient (Wildman–Crippen LogP) is 2.00. The summed E-state index contributed by atoms with van der Waals surface area (Å²) in [5, 5.41) is 0. The van der Waals surface area contributed by atoms with Gasteiger partial charge in [-0.25, -0.2) is 0 Å². The van der Waals surface area contributed by atoms with Crippen LogP contribution in [0.2, 0.25) is 0 Å². The smallest absolute Gasteiger partial charge is 0.0749 e. The van der Waals surface area contributed by atoms with Crippen LogP contribution in [-0.4, -0.2) is 38.3 Å². The van der Waals surface area contributed by atoms with E-state index in [4.69, 9.17) is 4.74 Å². The molecule has 0 radical (unpaired) electrons. The molecule has 2 heteroatoms. The Hall–Kier alpha value is -0.0800. The Bertz CT molecular complexity index is 115. The summed E-state index contributed by atoms with van der Waals surface area (Å²) < 4.78 is 5.68. The minimum Gasteiger partial charge on any atom is -0.377 e. The summed E-state index contributed by atoms with van der Waals surface area (Å²) in [5.74, 6) is 0. The van der Waals surface area contributed by atoms with E-state index in [-0.39, 0.29) is 5.41 Å². The highest BCUT2D eigenvalue weighted by atomic mass is 16.5. The van der Waals surface area contributed by atoms with Gasteiger partial charge in [-0.2, -0.15) is 0 Å². The third-order valence-corrected chi connectivity index (χ3v) is 1.86. The number of nitrogens with zero attached hydrogens (tertiary/aromatic N) is 1. The van der Waals surface area contributed by atoms with Gasteiger partial charge in [-0.1, -0.05) is 20.8 Å². The van der Waals surface area contributed by atoms with Crippen LogP contribution in [0.4, 0.5) is 0 Å². The average Bonchev–Trinajstić information content (AvgIpc) is 1.83. The molecule has 1 unspecified atom stereocenters. The highest BCUT2D eigenvalue weighted by Gasteiger charge is 2.25. The molecule has 0 saturated heterocycles. The maximum absolute atomic E-state index is 5.68. The van der Waals surface area contributed by atoms with E-state index in [0.29, 0.717) is 6.10 Å². The lowest BCUT2D eigenvalue weighted by Gasteiger charge is -2.32. The van der Waals surface area contributed by atoms with Gasteiger partial charge in [0.25, 0.3) is 0 Å². The number of hydrogen-bond acceptors (Lipinski definition) is 2. The number of ether oxygens (including phenoxy) is 1. The maximum atomic E-state index is 5.68. The summed E-state index contributed by atoms with van der Waals surface area (Å²) in [6, 6.07) is 0. The third-order valence-electron chi connectivity index (χ3n) is 1.86. The topological polar surface area (TPSA) is 12.5 Å². The molecule has 0 amide bonds. The van der Waals surface area contributed by atoms with Crippen molar-refractivity contribution in [1.29, 1.82) is 0 Å². The summed E-state index contributed by atoms with van der Waals surface area (Å²) in [6.07, 6.45) is 0.331. The van der Waals surface area contributed by atoms with Gasteiger partial charge in [-0.3, -0.25) is 0 Å². The summed E-state index contributed by atoms with van der Waals surface area (Å²) >= 11 is 0. The Morgan fingerprint density at radius 2 is 1.75 bits per heavy atom. The zero-order chi connectivity index (χ0) is 9.78. The Morgan fingerprint density at radius 1 is 1.25 bits per heavy atom. The SMILES string of the molecule is CCOC(CN(C)C)C(C)(C)C. The van der Waals surface area contributed by atoms with Crippen LogP contribution in [0, 0.1) is 5.41 Å². The normalized spacial score (nSPS) is 15.2. The van der Waals surface area contributed by atoms with Gasteiger partial charge < -0.3 is 9.64 Å². The molecule has 0 aliphatic heterocycles. The van der Waals surface area contributed by atoms with Gasteiger partial charge in [0.15, 0.2) is 0 Å². The van der Waals surface area contributed by atoms with E-state index in [2.05, 4.69) is 46.7 Å². The molecule has 0 heterocycles. The van der Waals surface area contributed by atoms with E-state index in [9.17, 15) is 0 Å². The molecule has 74 valence electrons. The van der Waals surface area contributed by atoms with E-state index in [0.717, 1.165) is 13.2 Å².